The minimum Gasteiger partial charge on any atom is -0.223 e. The third kappa shape index (κ3) is 2.61. The minimum atomic E-state index is -3.58. The highest BCUT2D eigenvalue weighted by molar-refractivity contribution is 7.92. The SMILES string of the molecule is N#C[C@@H]1[C@@H](c2cccc(Cl)c2)[C@@H]1S(=O)(=O)c1ccc(Cl)cc1. The van der Waals surface area contributed by atoms with Gasteiger partial charge >= 0.3 is 0 Å². The molecule has 0 N–H and O–H groups in total. The average molecular weight is 352 g/mol. The Labute approximate surface area is 139 Å². The molecule has 112 valence electrons. The van der Waals surface area contributed by atoms with E-state index in [1.165, 1.54) is 24.3 Å². The number of benzene rings is 2. The minimum absolute atomic E-state index is 0.187. The molecule has 0 saturated heterocycles. The molecular weight excluding hydrogens is 341 g/mol. The van der Waals surface area contributed by atoms with E-state index in [4.69, 9.17) is 23.2 Å². The molecule has 0 spiro atoms. The highest BCUT2D eigenvalue weighted by Crippen LogP contribution is 2.53. The molecule has 0 aromatic heterocycles. The molecule has 2 aromatic carbocycles. The third-order valence-electron chi connectivity index (χ3n) is 3.84. The van der Waals surface area contributed by atoms with Crippen molar-refractivity contribution in [2.45, 2.75) is 16.1 Å². The van der Waals surface area contributed by atoms with Crippen LogP contribution in [0.1, 0.15) is 11.5 Å². The number of hydrogen-bond acceptors (Lipinski definition) is 3. The van der Waals surface area contributed by atoms with Crippen molar-refractivity contribution in [3.8, 4) is 6.07 Å². The quantitative estimate of drug-likeness (QED) is 0.837. The summed E-state index contributed by atoms with van der Waals surface area (Å²) in [5.41, 5.74) is 0.779. The van der Waals surface area contributed by atoms with Crippen molar-refractivity contribution in [3.63, 3.8) is 0 Å². The number of hydrogen-bond donors (Lipinski definition) is 0. The molecule has 1 aliphatic rings. The monoisotopic (exact) mass is 351 g/mol. The van der Waals surface area contributed by atoms with Crippen LogP contribution >= 0.6 is 23.2 Å². The lowest BCUT2D eigenvalue weighted by Crippen LogP contribution is -2.10. The topological polar surface area (TPSA) is 57.9 Å². The number of nitriles is 1. The summed E-state index contributed by atoms with van der Waals surface area (Å²) in [6.45, 7) is 0. The summed E-state index contributed by atoms with van der Waals surface area (Å²) in [4.78, 5) is 0.187. The van der Waals surface area contributed by atoms with Gasteiger partial charge in [0.1, 0.15) is 0 Å². The summed E-state index contributed by atoms with van der Waals surface area (Å²) in [5, 5.41) is 9.53. The van der Waals surface area contributed by atoms with E-state index in [1.54, 1.807) is 24.3 Å². The summed E-state index contributed by atoms with van der Waals surface area (Å²) in [5.74, 6) is -0.900. The van der Waals surface area contributed by atoms with Crippen LogP contribution in [0.3, 0.4) is 0 Å². The third-order valence-corrected chi connectivity index (χ3v) is 6.56. The van der Waals surface area contributed by atoms with Gasteiger partial charge in [0.15, 0.2) is 9.84 Å². The van der Waals surface area contributed by atoms with Gasteiger partial charge in [0, 0.05) is 16.0 Å². The lowest BCUT2D eigenvalue weighted by atomic mass is 10.1. The molecule has 0 unspecified atom stereocenters. The first kappa shape index (κ1) is 15.4. The summed E-state index contributed by atoms with van der Waals surface area (Å²) < 4.78 is 25.4. The lowest BCUT2D eigenvalue weighted by Gasteiger charge is -2.04. The second kappa shape index (κ2) is 5.58. The molecule has 6 heteroatoms. The normalized spacial score (nSPS) is 23.8. The van der Waals surface area contributed by atoms with Crippen molar-refractivity contribution in [3.05, 3.63) is 64.1 Å². The van der Waals surface area contributed by atoms with Crippen LogP contribution in [0.2, 0.25) is 10.0 Å². The van der Waals surface area contributed by atoms with E-state index in [0.29, 0.717) is 10.0 Å². The molecular formula is C16H11Cl2NO2S. The van der Waals surface area contributed by atoms with Crippen LogP contribution in [0.4, 0.5) is 0 Å². The number of halogens is 2. The molecule has 0 amide bonds. The molecule has 0 radical (unpaired) electrons. The molecule has 3 rings (SSSR count). The molecule has 3 atom stereocenters. The summed E-state index contributed by atoms with van der Waals surface area (Å²) in [6.07, 6.45) is 0. The van der Waals surface area contributed by atoms with Crippen molar-refractivity contribution in [2.24, 2.45) is 5.92 Å². The zero-order valence-corrected chi connectivity index (χ0v) is 13.6. The molecule has 1 fully saturated rings. The van der Waals surface area contributed by atoms with Gasteiger partial charge in [-0.1, -0.05) is 35.3 Å². The van der Waals surface area contributed by atoms with Crippen molar-refractivity contribution >= 4 is 33.0 Å². The van der Waals surface area contributed by atoms with E-state index in [0.717, 1.165) is 5.56 Å². The fourth-order valence-electron chi connectivity index (χ4n) is 2.72. The largest absolute Gasteiger partial charge is 0.223 e. The Kier molecular flexibility index (Phi) is 3.90. The Bertz CT molecular complexity index is 856. The van der Waals surface area contributed by atoms with Crippen LogP contribution in [0.15, 0.2) is 53.4 Å². The van der Waals surface area contributed by atoms with Crippen LogP contribution < -0.4 is 0 Å². The number of nitrogens with zero attached hydrogens (tertiary/aromatic N) is 1. The van der Waals surface area contributed by atoms with Gasteiger partial charge in [-0.15, -0.1) is 0 Å². The fraction of sp³-hybridized carbons (Fsp3) is 0.188. The second-order valence-corrected chi connectivity index (χ2v) is 8.18. The first-order chi connectivity index (χ1) is 10.4. The first-order valence-corrected chi connectivity index (χ1v) is 8.90. The number of sulfone groups is 1. The molecule has 0 aliphatic heterocycles. The Hall–Kier alpha value is -1.54. The van der Waals surface area contributed by atoms with E-state index >= 15 is 0 Å². The first-order valence-electron chi connectivity index (χ1n) is 6.59. The molecule has 0 bridgehead atoms. The van der Waals surface area contributed by atoms with Gasteiger partial charge in [-0.25, -0.2) is 8.42 Å². The molecule has 1 aliphatic carbocycles. The van der Waals surface area contributed by atoms with Gasteiger partial charge in [0.25, 0.3) is 0 Å². The average Bonchev–Trinajstić information content (AvgIpc) is 3.23. The predicted molar refractivity (Wildman–Crippen MR) is 85.7 cm³/mol. The summed E-state index contributed by atoms with van der Waals surface area (Å²) in [6, 6.07) is 15.1. The Morgan fingerprint density at radius 1 is 1.00 bits per heavy atom. The van der Waals surface area contributed by atoms with E-state index < -0.39 is 21.0 Å². The van der Waals surface area contributed by atoms with Crippen LogP contribution in [-0.4, -0.2) is 13.7 Å². The molecule has 1 saturated carbocycles. The van der Waals surface area contributed by atoms with Gasteiger partial charge in [0.05, 0.1) is 22.1 Å². The number of rotatable bonds is 3. The van der Waals surface area contributed by atoms with E-state index in [2.05, 4.69) is 6.07 Å². The van der Waals surface area contributed by atoms with Crippen LogP contribution in [0, 0.1) is 17.2 Å². The lowest BCUT2D eigenvalue weighted by molar-refractivity contribution is 0.593. The van der Waals surface area contributed by atoms with Gasteiger partial charge in [-0.2, -0.15) is 5.26 Å². The van der Waals surface area contributed by atoms with Gasteiger partial charge < -0.3 is 0 Å². The van der Waals surface area contributed by atoms with Gasteiger partial charge in [-0.3, -0.25) is 0 Å². The van der Waals surface area contributed by atoms with E-state index in [-0.39, 0.29) is 10.8 Å². The Morgan fingerprint density at radius 3 is 2.27 bits per heavy atom. The van der Waals surface area contributed by atoms with Gasteiger partial charge in [-0.05, 0) is 42.0 Å². The standard InChI is InChI=1S/C16H11Cl2NO2S/c17-11-4-6-13(7-5-11)22(20,21)16-14(9-19)15(16)10-2-1-3-12(18)8-10/h1-8,14-16H/t14-,15-,16-/m1/s1. The molecule has 0 heterocycles. The predicted octanol–water partition coefficient (Wildman–Crippen LogP) is 4.07. The molecule has 2 aromatic rings. The maximum atomic E-state index is 12.7. The fourth-order valence-corrected chi connectivity index (χ4v) is 5.11. The zero-order valence-electron chi connectivity index (χ0n) is 11.3. The smallest absolute Gasteiger partial charge is 0.183 e. The van der Waals surface area contributed by atoms with Crippen LogP contribution in [-0.2, 0) is 9.84 Å². The maximum Gasteiger partial charge on any atom is 0.183 e. The van der Waals surface area contributed by atoms with Crippen molar-refractivity contribution in [1.29, 1.82) is 5.26 Å². The van der Waals surface area contributed by atoms with Crippen molar-refractivity contribution < 1.29 is 8.42 Å². The van der Waals surface area contributed by atoms with Gasteiger partial charge in [0.2, 0.25) is 0 Å². The highest BCUT2D eigenvalue weighted by atomic mass is 35.5. The van der Waals surface area contributed by atoms with Crippen LogP contribution in [0.5, 0.6) is 0 Å². The van der Waals surface area contributed by atoms with E-state index in [9.17, 15) is 13.7 Å². The summed E-state index contributed by atoms with van der Waals surface area (Å²) >= 11 is 11.8. The van der Waals surface area contributed by atoms with Crippen molar-refractivity contribution in [1.82, 2.24) is 0 Å². The molecule has 3 nitrogen and oxygen atoms in total. The van der Waals surface area contributed by atoms with Crippen molar-refractivity contribution in [2.75, 3.05) is 0 Å². The van der Waals surface area contributed by atoms with E-state index in [1.807, 2.05) is 0 Å². The Morgan fingerprint density at radius 2 is 1.68 bits per heavy atom. The summed E-state index contributed by atoms with van der Waals surface area (Å²) in [7, 11) is -3.58. The Balaban J connectivity index is 1.98. The zero-order chi connectivity index (χ0) is 15.9. The molecule has 22 heavy (non-hydrogen) atoms. The van der Waals surface area contributed by atoms with Crippen LogP contribution in [0.25, 0.3) is 0 Å². The second-order valence-electron chi connectivity index (χ2n) is 5.20. The maximum absolute atomic E-state index is 12.7. The highest BCUT2D eigenvalue weighted by Gasteiger charge is 2.59.